The maximum Gasteiger partial charge on any atom is 0.243 e. The van der Waals surface area contributed by atoms with Gasteiger partial charge in [0.1, 0.15) is 0 Å². The molecule has 2 aliphatic heterocycles. The van der Waals surface area contributed by atoms with Crippen molar-refractivity contribution in [1.82, 2.24) is 14.2 Å². The Morgan fingerprint density at radius 1 is 1.06 bits per heavy atom. The quantitative estimate of drug-likeness (QED) is 0.522. The van der Waals surface area contributed by atoms with E-state index in [9.17, 15) is 13.2 Å². The number of benzene rings is 2. The van der Waals surface area contributed by atoms with Crippen molar-refractivity contribution in [2.75, 3.05) is 44.2 Å². The summed E-state index contributed by atoms with van der Waals surface area (Å²) in [4.78, 5) is 22.4. The molecule has 34 heavy (non-hydrogen) atoms. The van der Waals surface area contributed by atoms with Crippen LogP contribution in [0.15, 0.2) is 47.4 Å². The van der Waals surface area contributed by atoms with Crippen molar-refractivity contribution in [2.45, 2.75) is 24.7 Å². The van der Waals surface area contributed by atoms with Crippen LogP contribution in [0.3, 0.4) is 0 Å². The minimum Gasteiger partial charge on any atom is -0.345 e. The second kappa shape index (κ2) is 9.45. The predicted molar refractivity (Wildman–Crippen MR) is 136 cm³/mol. The average molecular weight is 519 g/mol. The van der Waals surface area contributed by atoms with Crippen molar-refractivity contribution in [1.29, 1.82) is 0 Å². The number of thiazole rings is 1. The van der Waals surface area contributed by atoms with Gasteiger partial charge in [0, 0.05) is 44.3 Å². The molecular weight excluding hydrogens is 492 g/mol. The number of piperazine rings is 1. The molecule has 0 bridgehead atoms. The van der Waals surface area contributed by atoms with Crippen LogP contribution in [0.25, 0.3) is 10.2 Å². The zero-order valence-electron chi connectivity index (χ0n) is 19.0. The molecule has 1 atom stereocenters. The monoisotopic (exact) mass is 518 g/mol. The van der Waals surface area contributed by atoms with Gasteiger partial charge in [-0.15, -0.1) is 0 Å². The average Bonchev–Trinajstić information content (AvgIpc) is 3.27. The van der Waals surface area contributed by atoms with Gasteiger partial charge in [-0.05, 0) is 61.7 Å². The molecule has 0 saturated carbocycles. The number of rotatable bonds is 4. The Morgan fingerprint density at radius 3 is 2.53 bits per heavy atom. The van der Waals surface area contributed by atoms with Gasteiger partial charge in [0.15, 0.2) is 5.13 Å². The Hall–Kier alpha value is -2.20. The zero-order valence-corrected chi connectivity index (χ0v) is 21.4. The Kier molecular flexibility index (Phi) is 6.54. The van der Waals surface area contributed by atoms with Crippen LogP contribution in [0.1, 0.15) is 18.4 Å². The molecule has 0 spiro atoms. The third-order valence-corrected chi connectivity index (χ3v) is 9.79. The molecule has 1 unspecified atom stereocenters. The first-order valence-corrected chi connectivity index (χ1v) is 14.1. The van der Waals surface area contributed by atoms with Gasteiger partial charge in [-0.25, -0.2) is 13.4 Å². The molecule has 180 valence electrons. The Labute approximate surface area is 209 Å². The number of hydrogen-bond acceptors (Lipinski definition) is 6. The van der Waals surface area contributed by atoms with Crippen LogP contribution >= 0.6 is 22.9 Å². The summed E-state index contributed by atoms with van der Waals surface area (Å²) in [6.45, 7) is 5.42. The Bertz CT molecular complexity index is 1300. The third kappa shape index (κ3) is 4.66. The number of aromatic nitrogens is 1. The maximum atomic E-state index is 13.3. The Morgan fingerprint density at radius 2 is 1.79 bits per heavy atom. The molecule has 0 radical (unpaired) electrons. The van der Waals surface area contributed by atoms with Crippen LogP contribution in [0.4, 0.5) is 5.13 Å². The lowest BCUT2D eigenvalue weighted by atomic mass is 9.98. The number of fused-ring (bicyclic) bond motifs is 1. The molecule has 2 fully saturated rings. The van der Waals surface area contributed by atoms with E-state index in [4.69, 9.17) is 16.6 Å². The fourth-order valence-electron chi connectivity index (χ4n) is 4.65. The number of amides is 1. The number of anilines is 1. The molecule has 0 N–H and O–H groups in total. The van der Waals surface area contributed by atoms with E-state index in [0.717, 1.165) is 23.7 Å². The highest BCUT2D eigenvalue weighted by Gasteiger charge is 2.36. The van der Waals surface area contributed by atoms with Crippen molar-refractivity contribution in [3.63, 3.8) is 0 Å². The molecule has 3 heterocycles. The highest BCUT2D eigenvalue weighted by atomic mass is 35.5. The van der Waals surface area contributed by atoms with E-state index in [1.807, 2.05) is 4.90 Å². The SMILES string of the molecule is Cc1ccc2nc(N3CCN(C(=O)C4CCCN(S(=O)(=O)c5ccc(Cl)cc5)C4)CC3)sc2c1. The van der Waals surface area contributed by atoms with Crippen molar-refractivity contribution >= 4 is 54.2 Å². The van der Waals surface area contributed by atoms with Gasteiger partial charge in [0.25, 0.3) is 0 Å². The highest BCUT2D eigenvalue weighted by molar-refractivity contribution is 7.89. The van der Waals surface area contributed by atoms with Crippen LogP contribution < -0.4 is 4.90 Å². The Balaban J connectivity index is 1.22. The van der Waals surface area contributed by atoms with E-state index in [1.54, 1.807) is 23.5 Å². The lowest BCUT2D eigenvalue weighted by Gasteiger charge is -2.38. The summed E-state index contributed by atoms with van der Waals surface area (Å²) >= 11 is 7.60. The summed E-state index contributed by atoms with van der Waals surface area (Å²) in [5.41, 5.74) is 2.23. The molecule has 1 amide bonds. The molecule has 10 heteroatoms. The summed E-state index contributed by atoms with van der Waals surface area (Å²) in [6.07, 6.45) is 1.39. The fourth-order valence-corrected chi connectivity index (χ4v) is 7.41. The number of carbonyl (C=O) groups is 1. The number of nitrogens with zero attached hydrogens (tertiary/aromatic N) is 4. The van der Waals surface area contributed by atoms with E-state index in [0.29, 0.717) is 37.5 Å². The summed E-state index contributed by atoms with van der Waals surface area (Å²) < 4.78 is 28.8. The number of aryl methyl sites for hydroxylation is 1. The minimum absolute atomic E-state index is 0.0515. The van der Waals surface area contributed by atoms with Crippen molar-refractivity contribution in [3.05, 3.63) is 53.1 Å². The minimum atomic E-state index is -3.65. The molecule has 7 nitrogen and oxygen atoms in total. The number of hydrogen-bond donors (Lipinski definition) is 0. The smallest absolute Gasteiger partial charge is 0.243 e. The fraction of sp³-hybridized carbons (Fsp3) is 0.417. The molecule has 0 aliphatic carbocycles. The lowest BCUT2D eigenvalue weighted by Crippen LogP contribution is -2.53. The number of carbonyl (C=O) groups excluding carboxylic acids is 1. The summed E-state index contributed by atoms with van der Waals surface area (Å²) in [5.74, 6) is -0.261. The van der Waals surface area contributed by atoms with Gasteiger partial charge in [-0.3, -0.25) is 4.79 Å². The van der Waals surface area contributed by atoms with E-state index >= 15 is 0 Å². The summed E-state index contributed by atoms with van der Waals surface area (Å²) in [5, 5.41) is 1.48. The number of sulfonamides is 1. The molecule has 2 saturated heterocycles. The van der Waals surface area contributed by atoms with E-state index in [-0.39, 0.29) is 23.3 Å². The number of piperidine rings is 1. The topological polar surface area (TPSA) is 73.8 Å². The molecule has 2 aromatic carbocycles. The first-order chi connectivity index (χ1) is 16.3. The van der Waals surface area contributed by atoms with Gasteiger partial charge in [-0.2, -0.15) is 4.31 Å². The second-order valence-corrected chi connectivity index (χ2v) is 12.3. The highest BCUT2D eigenvalue weighted by Crippen LogP contribution is 2.31. The third-order valence-electron chi connectivity index (χ3n) is 6.58. The standard InChI is InChI=1S/C24H27ClN4O3S2/c1-17-4-9-21-22(15-17)33-24(26-21)28-13-11-27(12-14-28)23(30)18-3-2-10-29(16-18)34(31,32)20-7-5-19(25)6-8-20/h4-9,15,18H,2-3,10-14,16H2,1H3. The van der Waals surface area contributed by atoms with Gasteiger partial charge in [-0.1, -0.05) is 29.0 Å². The zero-order chi connectivity index (χ0) is 23.9. The van der Waals surface area contributed by atoms with E-state index < -0.39 is 10.0 Å². The molecule has 5 rings (SSSR count). The van der Waals surface area contributed by atoms with Crippen LogP contribution in [-0.4, -0.2) is 67.8 Å². The van der Waals surface area contributed by atoms with Crippen molar-refractivity contribution < 1.29 is 13.2 Å². The molecule has 2 aliphatic rings. The predicted octanol–water partition coefficient (Wildman–Crippen LogP) is 4.01. The largest absolute Gasteiger partial charge is 0.345 e. The summed E-state index contributed by atoms with van der Waals surface area (Å²) in [6, 6.07) is 12.5. The van der Waals surface area contributed by atoms with Crippen molar-refractivity contribution in [2.24, 2.45) is 5.92 Å². The van der Waals surface area contributed by atoms with Crippen molar-refractivity contribution in [3.8, 4) is 0 Å². The number of halogens is 1. The lowest BCUT2D eigenvalue weighted by molar-refractivity contribution is -0.137. The van der Waals surface area contributed by atoms with Gasteiger partial charge in [0.05, 0.1) is 21.0 Å². The molecular formula is C24H27ClN4O3S2. The molecule has 1 aromatic heterocycles. The molecule has 3 aromatic rings. The van der Waals surface area contributed by atoms with Gasteiger partial charge in [0.2, 0.25) is 15.9 Å². The van der Waals surface area contributed by atoms with Gasteiger partial charge < -0.3 is 9.80 Å². The first kappa shape index (κ1) is 23.5. The van der Waals surface area contributed by atoms with Crippen LogP contribution in [0, 0.1) is 12.8 Å². The second-order valence-electron chi connectivity index (χ2n) is 8.94. The maximum absolute atomic E-state index is 13.3. The normalized spacial score (nSPS) is 20.1. The first-order valence-electron chi connectivity index (χ1n) is 11.5. The van der Waals surface area contributed by atoms with Gasteiger partial charge >= 0.3 is 0 Å². The van der Waals surface area contributed by atoms with E-state index in [2.05, 4.69) is 30.0 Å². The van der Waals surface area contributed by atoms with Crippen LogP contribution in [-0.2, 0) is 14.8 Å². The van der Waals surface area contributed by atoms with Crippen LogP contribution in [0.5, 0.6) is 0 Å². The van der Waals surface area contributed by atoms with E-state index in [1.165, 1.54) is 26.7 Å². The van der Waals surface area contributed by atoms with Crippen LogP contribution in [0.2, 0.25) is 5.02 Å². The summed E-state index contributed by atoms with van der Waals surface area (Å²) in [7, 11) is -3.65.